The molecule has 0 heterocycles. The third-order valence-corrected chi connectivity index (χ3v) is 6.27. The SMILES string of the molecule is Cc1ccc(S(=O)(=O)c2cccc3c2C(=NO)c2ccccc2-3)cc1. The van der Waals surface area contributed by atoms with E-state index in [0.29, 0.717) is 5.56 Å². The van der Waals surface area contributed by atoms with Gasteiger partial charge in [-0.3, -0.25) is 0 Å². The summed E-state index contributed by atoms with van der Waals surface area (Å²) in [5, 5.41) is 13.0. The van der Waals surface area contributed by atoms with Gasteiger partial charge < -0.3 is 5.21 Å². The molecule has 0 saturated heterocycles. The lowest BCUT2D eigenvalue weighted by atomic mass is 10.1. The zero-order valence-corrected chi connectivity index (χ0v) is 14.3. The molecule has 3 aromatic rings. The molecule has 0 radical (unpaired) electrons. The van der Waals surface area contributed by atoms with E-state index in [1.54, 1.807) is 36.4 Å². The second-order valence-electron chi connectivity index (χ2n) is 5.99. The highest BCUT2D eigenvalue weighted by Crippen LogP contribution is 2.41. The summed E-state index contributed by atoms with van der Waals surface area (Å²) in [6, 6.07) is 19.3. The van der Waals surface area contributed by atoms with E-state index in [9.17, 15) is 13.6 Å². The lowest BCUT2D eigenvalue weighted by Gasteiger charge is -2.10. The first-order valence-electron chi connectivity index (χ1n) is 7.81. The van der Waals surface area contributed by atoms with Crippen molar-refractivity contribution in [3.05, 3.63) is 83.4 Å². The molecule has 0 aromatic heterocycles. The number of oxime groups is 1. The Morgan fingerprint density at radius 2 is 1.44 bits per heavy atom. The number of fused-ring (bicyclic) bond motifs is 3. The van der Waals surface area contributed by atoms with Crippen molar-refractivity contribution < 1.29 is 13.6 Å². The first kappa shape index (κ1) is 15.6. The van der Waals surface area contributed by atoms with Gasteiger partial charge in [0, 0.05) is 11.1 Å². The Morgan fingerprint density at radius 1 is 0.800 bits per heavy atom. The van der Waals surface area contributed by atoms with E-state index in [0.717, 1.165) is 22.3 Å². The summed E-state index contributed by atoms with van der Waals surface area (Å²) in [4.78, 5) is 0.373. The highest BCUT2D eigenvalue weighted by Gasteiger charge is 2.32. The van der Waals surface area contributed by atoms with E-state index < -0.39 is 9.84 Å². The third-order valence-electron chi connectivity index (χ3n) is 4.46. The molecule has 0 bridgehead atoms. The van der Waals surface area contributed by atoms with Gasteiger partial charge in [-0.1, -0.05) is 59.3 Å². The zero-order chi connectivity index (χ0) is 17.6. The lowest BCUT2D eigenvalue weighted by Crippen LogP contribution is -2.09. The molecule has 0 unspecified atom stereocenters. The Morgan fingerprint density at radius 3 is 2.12 bits per heavy atom. The first-order valence-corrected chi connectivity index (χ1v) is 9.29. The molecule has 0 saturated carbocycles. The van der Waals surface area contributed by atoms with E-state index in [1.165, 1.54) is 0 Å². The molecule has 3 aromatic carbocycles. The molecule has 5 heteroatoms. The van der Waals surface area contributed by atoms with Gasteiger partial charge >= 0.3 is 0 Å². The van der Waals surface area contributed by atoms with Crippen molar-refractivity contribution in [2.24, 2.45) is 5.16 Å². The molecular weight excluding hydrogens is 334 g/mol. The molecular formula is C20H15NO3S. The Hall–Kier alpha value is -2.92. The van der Waals surface area contributed by atoms with Gasteiger partial charge in [-0.25, -0.2) is 8.42 Å². The summed E-state index contributed by atoms with van der Waals surface area (Å²) in [5.74, 6) is 0. The van der Waals surface area contributed by atoms with Crippen molar-refractivity contribution in [1.82, 2.24) is 0 Å². The van der Waals surface area contributed by atoms with Gasteiger partial charge in [0.1, 0.15) is 5.71 Å². The summed E-state index contributed by atoms with van der Waals surface area (Å²) >= 11 is 0. The van der Waals surface area contributed by atoms with Crippen LogP contribution in [-0.4, -0.2) is 19.3 Å². The normalized spacial score (nSPS) is 14.4. The molecule has 1 N–H and O–H groups in total. The predicted octanol–water partition coefficient (Wildman–Crippen LogP) is 4.03. The van der Waals surface area contributed by atoms with Crippen LogP contribution in [0.2, 0.25) is 0 Å². The van der Waals surface area contributed by atoms with Crippen molar-refractivity contribution in [2.75, 3.05) is 0 Å². The number of benzene rings is 3. The average molecular weight is 349 g/mol. The second-order valence-corrected chi connectivity index (χ2v) is 7.91. The van der Waals surface area contributed by atoms with Crippen molar-refractivity contribution in [3.8, 4) is 11.1 Å². The van der Waals surface area contributed by atoms with E-state index in [-0.39, 0.29) is 15.5 Å². The van der Waals surface area contributed by atoms with Crippen LogP contribution in [0.3, 0.4) is 0 Å². The molecule has 4 rings (SSSR count). The predicted molar refractivity (Wildman–Crippen MR) is 95.9 cm³/mol. The molecule has 124 valence electrons. The van der Waals surface area contributed by atoms with Crippen molar-refractivity contribution in [1.29, 1.82) is 0 Å². The molecule has 1 aliphatic rings. The smallest absolute Gasteiger partial charge is 0.207 e. The summed E-state index contributed by atoms with van der Waals surface area (Å²) in [6.07, 6.45) is 0. The Bertz CT molecular complexity index is 1110. The lowest BCUT2D eigenvalue weighted by molar-refractivity contribution is 0.319. The van der Waals surface area contributed by atoms with Crippen LogP contribution in [0.1, 0.15) is 16.7 Å². The first-order chi connectivity index (χ1) is 12.0. The number of hydrogen-bond acceptors (Lipinski definition) is 4. The maximum atomic E-state index is 13.2. The van der Waals surface area contributed by atoms with Crippen LogP contribution in [0.5, 0.6) is 0 Å². The molecule has 0 spiro atoms. The summed E-state index contributed by atoms with van der Waals surface area (Å²) in [7, 11) is -3.73. The minimum atomic E-state index is -3.73. The van der Waals surface area contributed by atoms with Gasteiger partial charge in [0.05, 0.1) is 9.79 Å². The second kappa shape index (κ2) is 5.57. The Balaban J connectivity index is 2.00. The standard InChI is InChI=1S/C20H15NO3S/c1-13-9-11-14(12-10-13)25(23,24)18-8-4-7-16-15-5-2-3-6-17(15)20(21-22)19(16)18/h2-12,22H,1H3. The van der Waals surface area contributed by atoms with Gasteiger partial charge in [-0.05, 0) is 36.2 Å². The van der Waals surface area contributed by atoms with Crippen molar-refractivity contribution in [3.63, 3.8) is 0 Å². The van der Waals surface area contributed by atoms with Crippen LogP contribution in [0.15, 0.2) is 81.7 Å². The van der Waals surface area contributed by atoms with Crippen LogP contribution in [0.4, 0.5) is 0 Å². The van der Waals surface area contributed by atoms with Crippen molar-refractivity contribution in [2.45, 2.75) is 16.7 Å². The van der Waals surface area contributed by atoms with Crippen LogP contribution >= 0.6 is 0 Å². The van der Waals surface area contributed by atoms with Gasteiger partial charge in [0.2, 0.25) is 9.84 Å². The topological polar surface area (TPSA) is 66.7 Å². The molecule has 0 atom stereocenters. The molecule has 0 aliphatic heterocycles. The van der Waals surface area contributed by atoms with Gasteiger partial charge in [-0.2, -0.15) is 0 Å². The van der Waals surface area contributed by atoms with E-state index in [2.05, 4.69) is 5.16 Å². The van der Waals surface area contributed by atoms with E-state index in [4.69, 9.17) is 0 Å². The maximum Gasteiger partial charge on any atom is 0.207 e. The highest BCUT2D eigenvalue weighted by molar-refractivity contribution is 7.91. The molecule has 25 heavy (non-hydrogen) atoms. The van der Waals surface area contributed by atoms with Gasteiger partial charge in [0.15, 0.2) is 0 Å². The fourth-order valence-corrected chi connectivity index (χ4v) is 4.71. The maximum absolute atomic E-state index is 13.2. The fourth-order valence-electron chi connectivity index (χ4n) is 3.23. The molecule has 0 fully saturated rings. The highest BCUT2D eigenvalue weighted by atomic mass is 32.2. The quantitative estimate of drug-likeness (QED) is 0.439. The number of aryl methyl sites for hydroxylation is 1. The largest absolute Gasteiger partial charge is 0.410 e. The summed E-state index contributed by atoms with van der Waals surface area (Å²) < 4.78 is 26.4. The monoisotopic (exact) mass is 349 g/mol. The zero-order valence-electron chi connectivity index (χ0n) is 13.5. The number of hydrogen-bond donors (Lipinski definition) is 1. The Labute approximate surface area is 146 Å². The van der Waals surface area contributed by atoms with Crippen LogP contribution in [-0.2, 0) is 9.84 Å². The van der Waals surface area contributed by atoms with E-state index >= 15 is 0 Å². The number of sulfone groups is 1. The van der Waals surface area contributed by atoms with E-state index in [1.807, 2.05) is 37.3 Å². The number of nitrogens with zero attached hydrogens (tertiary/aromatic N) is 1. The van der Waals surface area contributed by atoms with Crippen LogP contribution in [0, 0.1) is 6.92 Å². The minimum absolute atomic E-state index is 0.151. The molecule has 0 amide bonds. The van der Waals surface area contributed by atoms with Crippen molar-refractivity contribution >= 4 is 15.5 Å². The third kappa shape index (κ3) is 2.27. The fraction of sp³-hybridized carbons (Fsp3) is 0.0500. The summed E-state index contributed by atoms with van der Waals surface area (Å²) in [5.41, 5.74) is 4.08. The Kier molecular flexibility index (Phi) is 3.47. The summed E-state index contributed by atoms with van der Waals surface area (Å²) in [6.45, 7) is 1.91. The minimum Gasteiger partial charge on any atom is -0.410 e. The van der Waals surface area contributed by atoms with Crippen LogP contribution in [0.25, 0.3) is 11.1 Å². The van der Waals surface area contributed by atoms with Gasteiger partial charge in [-0.15, -0.1) is 0 Å². The number of rotatable bonds is 2. The molecule has 1 aliphatic carbocycles. The molecule has 4 nitrogen and oxygen atoms in total. The average Bonchev–Trinajstić information content (AvgIpc) is 2.95. The van der Waals surface area contributed by atoms with Crippen LogP contribution < -0.4 is 0 Å². The van der Waals surface area contributed by atoms with Gasteiger partial charge in [0.25, 0.3) is 0 Å².